The van der Waals surface area contributed by atoms with Gasteiger partial charge in [0.2, 0.25) is 0 Å². The number of rotatable bonds is 5. The van der Waals surface area contributed by atoms with Gasteiger partial charge >= 0.3 is 0 Å². The molecular formula is C7H11NOS. The highest BCUT2D eigenvalue weighted by Gasteiger charge is 1.93. The van der Waals surface area contributed by atoms with Crippen molar-refractivity contribution in [1.29, 1.82) is 5.26 Å². The van der Waals surface area contributed by atoms with Crippen LogP contribution in [0.2, 0.25) is 0 Å². The first kappa shape index (κ1) is 9.51. The molecule has 0 spiro atoms. The number of thiol groups is 1. The number of nitrogens with zero attached hydrogens (tertiary/aromatic N) is 1. The molecule has 3 heteroatoms. The SMILES string of the molecule is N#CCCCCCC(=O)S. The topological polar surface area (TPSA) is 40.9 Å². The number of hydrogen-bond donors (Lipinski definition) is 1. The third kappa shape index (κ3) is 7.51. The lowest BCUT2D eigenvalue weighted by Crippen LogP contribution is -1.85. The summed E-state index contributed by atoms with van der Waals surface area (Å²) in [7, 11) is 0. The first-order chi connectivity index (χ1) is 4.77. The van der Waals surface area contributed by atoms with E-state index in [0.717, 1.165) is 19.3 Å². The minimum atomic E-state index is -0.0584. The molecule has 0 aromatic carbocycles. The summed E-state index contributed by atoms with van der Waals surface area (Å²) in [6.45, 7) is 0. The van der Waals surface area contributed by atoms with Gasteiger partial charge in [0, 0.05) is 12.8 Å². The molecule has 0 radical (unpaired) electrons. The maximum atomic E-state index is 10.3. The Hall–Kier alpha value is -0.490. The van der Waals surface area contributed by atoms with E-state index in [9.17, 15) is 4.79 Å². The minimum absolute atomic E-state index is 0.0584. The van der Waals surface area contributed by atoms with Gasteiger partial charge in [-0.3, -0.25) is 4.79 Å². The van der Waals surface area contributed by atoms with Crippen molar-refractivity contribution in [2.75, 3.05) is 0 Å². The third-order valence-corrected chi connectivity index (χ3v) is 1.40. The highest BCUT2D eigenvalue weighted by atomic mass is 32.1. The Morgan fingerprint density at radius 2 is 2.10 bits per heavy atom. The van der Waals surface area contributed by atoms with Crippen molar-refractivity contribution in [3.8, 4) is 6.07 Å². The summed E-state index contributed by atoms with van der Waals surface area (Å²) in [6, 6.07) is 2.05. The Kier molecular flexibility index (Phi) is 6.30. The highest BCUT2D eigenvalue weighted by Crippen LogP contribution is 2.03. The zero-order valence-electron chi connectivity index (χ0n) is 5.84. The van der Waals surface area contributed by atoms with Crippen LogP contribution in [0.3, 0.4) is 0 Å². The fourth-order valence-corrected chi connectivity index (χ4v) is 0.815. The number of carbonyl (C=O) groups is 1. The second kappa shape index (κ2) is 6.63. The Morgan fingerprint density at radius 3 is 2.60 bits per heavy atom. The van der Waals surface area contributed by atoms with Crippen LogP contribution in [-0.2, 0) is 4.79 Å². The van der Waals surface area contributed by atoms with E-state index in [0.29, 0.717) is 12.8 Å². The maximum absolute atomic E-state index is 10.3. The van der Waals surface area contributed by atoms with E-state index in [1.54, 1.807) is 0 Å². The molecule has 0 saturated heterocycles. The van der Waals surface area contributed by atoms with E-state index in [2.05, 4.69) is 18.7 Å². The van der Waals surface area contributed by atoms with E-state index in [4.69, 9.17) is 5.26 Å². The number of unbranched alkanes of at least 4 members (excludes halogenated alkanes) is 3. The molecule has 0 aromatic heterocycles. The molecule has 0 amide bonds. The average Bonchev–Trinajstić information content (AvgIpc) is 1.87. The van der Waals surface area contributed by atoms with Crippen LogP contribution in [0.15, 0.2) is 0 Å². The molecule has 0 aliphatic carbocycles. The molecule has 0 bridgehead atoms. The van der Waals surface area contributed by atoms with E-state index < -0.39 is 0 Å². The number of hydrogen-bond acceptors (Lipinski definition) is 2. The first-order valence-corrected chi connectivity index (χ1v) is 3.81. The van der Waals surface area contributed by atoms with Gasteiger partial charge in [-0.15, -0.1) is 12.6 Å². The van der Waals surface area contributed by atoms with Gasteiger partial charge < -0.3 is 0 Å². The van der Waals surface area contributed by atoms with E-state index in [1.165, 1.54) is 0 Å². The van der Waals surface area contributed by atoms with Gasteiger partial charge in [-0.05, 0) is 12.8 Å². The minimum Gasteiger partial charge on any atom is -0.288 e. The van der Waals surface area contributed by atoms with E-state index in [-0.39, 0.29) is 5.12 Å². The molecule has 0 atom stereocenters. The molecule has 56 valence electrons. The fourth-order valence-electron chi connectivity index (χ4n) is 0.657. The fraction of sp³-hybridized carbons (Fsp3) is 0.714. The molecule has 10 heavy (non-hydrogen) atoms. The predicted molar refractivity (Wildman–Crippen MR) is 42.7 cm³/mol. The maximum Gasteiger partial charge on any atom is 0.185 e. The van der Waals surface area contributed by atoms with Gasteiger partial charge in [0.1, 0.15) is 0 Å². The molecule has 0 aliphatic heterocycles. The van der Waals surface area contributed by atoms with Crippen molar-refractivity contribution in [2.45, 2.75) is 32.1 Å². The Bertz CT molecular complexity index is 139. The third-order valence-electron chi connectivity index (χ3n) is 1.18. The molecule has 0 aliphatic rings. The summed E-state index contributed by atoms with van der Waals surface area (Å²) < 4.78 is 0. The van der Waals surface area contributed by atoms with Crippen LogP contribution in [0.4, 0.5) is 0 Å². The molecule has 0 rings (SSSR count). The Balaban J connectivity index is 2.92. The summed E-state index contributed by atoms with van der Waals surface area (Å²) >= 11 is 3.62. The van der Waals surface area contributed by atoms with Crippen molar-refractivity contribution in [2.24, 2.45) is 0 Å². The number of carbonyl (C=O) groups excluding carboxylic acids is 1. The molecule has 0 heterocycles. The van der Waals surface area contributed by atoms with Crippen LogP contribution >= 0.6 is 12.6 Å². The van der Waals surface area contributed by atoms with Gasteiger partial charge in [0.15, 0.2) is 5.12 Å². The molecule has 0 N–H and O–H groups in total. The zero-order valence-corrected chi connectivity index (χ0v) is 6.73. The van der Waals surface area contributed by atoms with Gasteiger partial charge in [-0.1, -0.05) is 6.42 Å². The Morgan fingerprint density at radius 1 is 1.40 bits per heavy atom. The largest absolute Gasteiger partial charge is 0.288 e. The van der Waals surface area contributed by atoms with Gasteiger partial charge in [-0.2, -0.15) is 5.26 Å². The monoisotopic (exact) mass is 157 g/mol. The molecule has 0 fully saturated rings. The van der Waals surface area contributed by atoms with Crippen LogP contribution < -0.4 is 0 Å². The van der Waals surface area contributed by atoms with Crippen molar-refractivity contribution < 1.29 is 4.79 Å². The van der Waals surface area contributed by atoms with Crippen LogP contribution in [0, 0.1) is 11.3 Å². The summed E-state index contributed by atoms with van der Waals surface area (Å²) in [6.07, 6.45) is 3.86. The lowest BCUT2D eigenvalue weighted by atomic mass is 10.2. The molecule has 0 saturated carbocycles. The van der Waals surface area contributed by atoms with Crippen LogP contribution in [0.1, 0.15) is 32.1 Å². The predicted octanol–water partition coefficient (Wildman–Crippen LogP) is 1.92. The standard InChI is InChI=1S/C7H11NOS/c8-6-4-2-1-3-5-7(9)10/h1-5H2,(H,9,10). The van der Waals surface area contributed by atoms with Crippen LogP contribution in [-0.4, -0.2) is 5.12 Å². The molecule has 0 aromatic rings. The van der Waals surface area contributed by atoms with Crippen LogP contribution in [0.5, 0.6) is 0 Å². The molecule has 2 nitrogen and oxygen atoms in total. The average molecular weight is 157 g/mol. The van der Waals surface area contributed by atoms with Gasteiger partial charge in [0.25, 0.3) is 0 Å². The molecular weight excluding hydrogens is 146 g/mol. The first-order valence-electron chi connectivity index (χ1n) is 3.36. The van der Waals surface area contributed by atoms with Crippen molar-refractivity contribution >= 4 is 17.7 Å². The van der Waals surface area contributed by atoms with Crippen molar-refractivity contribution in [3.05, 3.63) is 0 Å². The quantitative estimate of drug-likeness (QED) is 0.489. The summed E-state index contributed by atoms with van der Waals surface area (Å²) in [5, 5.41) is 8.08. The highest BCUT2D eigenvalue weighted by molar-refractivity contribution is 7.96. The van der Waals surface area contributed by atoms with Crippen LogP contribution in [0.25, 0.3) is 0 Å². The lowest BCUT2D eigenvalue weighted by molar-refractivity contribution is -0.110. The summed E-state index contributed by atoms with van der Waals surface area (Å²) in [5.74, 6) is 0. The Labute approximate surface area is 66.6 Å². The van der Waals surface area contributed by atoms with Gasteiger partial charge in [-0.25, -0.2) is 0 Å². The lowest BCUT2D eigenvalue weighted by Gasteiger charge is -1.92. The van der Waals surface area contributed by atoms with E-state index in [1.807, 2.05) is 0 Å². The summed E-state index contributed by atoms with van der Waals surface area (Å²) in [4.78, 5) is 10.3. The van der Waals surface area contributed by atoms with Gasteiger partial charge in [0.05, 0.1) is 6.07 Å². The molecule has 0 unspecified atom stereocenters. The normalized spacial score (nSPS) is 8.80. The van der Waals surface area contributed by atoms with Crippen molar-refractivity contribution in [1.82, 2.24) is 0 Å². The summed E-state index contributed by atoms with van der Waals surface area (Å²) in [5.41, 5.74) is 0. The van der Waals surface area contributed by atoms with E-state index >= 15 is 0 Å². The van der Waals surface area contributed by atoms with Crippen molar-refractivity contribution in [3.63, 3.8) is 0 Å². The second-order valence-corrected chi connectivity index (χ2v) is 2.61. The zero-order chi connectivity index (χ0) is 7.82. The smallest absolute Gasteiger partial charge is 0.185 e. The number of nitriles is 1. The second-order valence-electron chi connectivity index (χ2n) is 2.11.